The van der Waals surface area contributed by atoms with Crippen LogP contribution in [0.1, 0.15) is 19.8 Å². The Labute approximate surface area is 167 Å². The first-order valence-corrected chi connectivity index (χ1v) is 9.13. The number of urea groups is 1. The van der Waals surface area contributed by atoms with Crippen LogP contribution in [-0.2, 0) is 11.8 Å². The molecule has 0 spiro atoms. The number of nitrogens with one attached hydrogen (secondary N) is 2. The van der Waals surface area contributed by atoms with Crippen LogP contribution in [0.15, 0.2) is 49.1 Å². The average Bonchev–Trinajstić information content (AvgIpc) is 3.31. The molecule has 0 unspecified atom stereocenters. The molecule has 3 heterocycles. The van der Waals surface area contributed by atoms with Gasteiger partial charge in [0.2, 0.25) is 5.91 Å². The molecule has 0 bridgehead atoms. The van der Waals surface area contributed by atoms with Crippen molar-refractivity contribution in [2.45, 2.75) is 19.8 Å². The summed E-state index contributed by atoms with van der Waals surface area (Å²) in [6, 6.07) is 6.22. The van der Waals surface area contributed by atoms with Gasteiger partial charge in [-0.1, -0.05) is 6.92 Å². The van der Waals surface area contributed by atoms with E-state index in [1.165, 1.54) is 6.20 Å². The zero-order valence-corrected chi connectivity index (χ0v) is 16.0. The highest BCUT2D eigenvalue weighted by Crippen LogP contribution is 2.44. The van der Waals surface area contributed by atoms with E-state index in [1.807, 2.05) is 20.2 Å². The molecule has 0 atom stereocenters. The summed E-state index contributed by atoms with van der Waals surface area (Å²) in [6.07, 6.45) is 8.34. The van der Waals surface area contributed by atoms with Crippen LogP contribution >= 0.6 is 0 Å². The summed E-state index contributed by atoms with van der Waals surface area (Å²) in [5.41, 5.74) is 1.21. The molecule has 29 heavy (non-hydrogen) atoms. The number of carbonyl (C=O) groups excluding carboxylic acids is 2. The van der Waals surface area contributed by atoms with E-state index >= 15 is 0 Å². The van der Waals surface area contributed by atoms with Gasteiger partial charge in [0.05, 0.1) is 18.1 Å². The Morgan fingerprint density at radius 3 is 2.62 bits per heavy atom. The molecule has 1 aliphatic carbocycles. The van der Waals surface area contributed by atoms with Gasteiger partial charge >= 0.3 is 6.03 Å². The fourth-order valence-corrected chi connectivity index (χ4v) is 2.65. The zero-order chi connectivity index (χ0) is 20.4. The summed E-state index contributed by atoms with van der Waals surface area (Å²) < 4.78 is 7.52. The third kappa shape index (κ3) is 4.40. The molecule has 1 saturated carbocycles. The van der Waals surface area contributed by atoms with Crippen LogP contribution in [0, 0.1) is 5.41 Å². The molecule has 3 aromatic heterocycles. The van der Waals surface area contributed by atoms with Crippen LogP contribution in [0.3, 0.4) is 0 Å². The van der Waals surface area contributed by atoms with Crippen LogP contribution in [0.4, 0.5) is 10.6 Å². The molecule has 9 heteroatoms. The van der Waals surface area contributed by atoms with Gasteiger partial charge in [0.15, 0.2) is 0 Å². The third-order valence-corrected chi connectivity index (χ3v) is 4.72. The van der Waals surface area contributed by atoms with Gasteiger partial charge in [-0.3, -0.25) is 25.1 Å². The summed E-state index contributed by atoms with van der Waals surface area (Å²) in [6.45, 7) is 1.83. The molecule has 0 saturated heterocycles. The van der Waals surface area contributed by atoms with Gasteiger partial charge in [0.1, 0.15) is 17.3 Å². The molecular weight excluding hydrogens is 372 g/mol. The van der Waals surface area contributed by atoms with E-state index in [-0.39, 0.29) is 5.91 Å². The number of amides is 3. The number of ether oxygens (including phenoxy) is 1. The van der Waals surface area contributed by atoms with Gasteiger partial charge in [-0.25, -0.2) is 9.78 Å². The lowest BCUT2D eigenvalue weighted by Gasteiger charge is -2.10. The fraction of sp³-hybridized carbons (Fsp3) is 0.250. The third-order valence-electron chi connectivity index (χ3n) is 4.72. The van der Waals surface area contributed by atoms with Crippen molar-refractivity contribution in [2.75, 3.05) is 5.32 Å². The second-order valence-corrected chi connectivity index (χ2v) is 7.23. The SMILES string of the molecule is Cn1cc(-c2cc(Oc3ccc(NC(=O)NC(=O)C4(C)CC4)nc3)ccn2)cn1. The Balaban J connectivity index is 1.37. The van der Waals surface area contributed by atoms with Crippen molar-refractivity contribution in [3.63, 3.8) is 0 Å². The number of anilines is 1. The van der Waals surface area contributed by atoms with E-state index in [2.05, 4.69) is 25.7 Å². The molecule has 3 amide bonds. The average molecular weight is 392 g/mol. The van der Waals surface area contributed by atoms with E-state index in [1.54, 1.807) is 41.3 Å². The van der Waals surface area contributed by atoms with E-state index in [4.69, 9.17) is 4.74 Å². The summed E-state index contributed by atoms with van der Waals surface area (Å²) in [4.78, 5) is 32.3. The molecule has 4 rings (SSSR count). The number of nitrogens with zero attached hydrogens (tertiary/aromatic N) is 4. The molecule has 2 N–H and O–H groups in total. The Kier molecular flexibility index (Phi) is 4.71. The Hall–Kier alpha value is -3.75. The van der Waals surface area contributed by atoms with Crippen molar-refractivity contribution in [1.29, 1.82) is 0 Å². The second kappa shape index (κ2) is 7.34. The number of aryl methyl sites for hydroxylation is 1. The maximum atomic E-state index is 11.9. The number of hydrogen-bond donors (Lipinski definition) is 2. The van der Waals surface area contributed by atoms with Crippen molar-refractivity contribution in [3.05, 3.63) is 49.1 Å². The zero-order valence-electron chi connectivity index (χ0n) is 16.0. The van der Waals surface area contributed by atoms with Crippen LogP contribution in [0.2, 0.25) is 0 Å². The number of aromatic nitrogens is 4. The minimum Gasteiger partial charge on any atom is -0.456 e. The number of pyridine rings is 2. The van der Waals surface area contributed by atoms with E-state index in [9.17, 15) is 9.59 Å². The van der Waals surface area contributed by atoms with Gasteiger partial charge in [0, 0.05) is 36.5 Å². The monoisotopic (exact) mass is 392 g/mol. The van der Waals surface area contributed by atoms with E-state index in [0.29, 0.717) is 17.3 Å². The summed E-state index contributed by atoms with van der Waals surface area (Å²) >= 11 is 0. The van der Waals surface area contributed by atoms with Crippen LogP contribution in [-0.4, -0.2) is 31.7 Å². The highest BCUT2D eigenvalue weighted by molar-refractivity contribution is 6.03. The molecule has 3 aromatic rings. The number of carbonyl (C=O) groups is 2. The lowest BCUT2D eigenvalue weighted by molar-refractivity contribution is -0.124. The van der Waals surface area contributed by atoms with Crippen molar-refractivity contribution < 1.29 is 14.3 Å². The first-order valence-electron chi connectivity index (χ1n) is 9.13. The Morgan fingerprint density at radius 2 is 1.97 bits per heavy atom. The van der Waals surface area contributed by atoms with Crippen molar-refractivity contribution >= 4 is 17.8 Å². The minimum absolute atomic E-state index is 0.267. The van der Waals surface area contributed by atoms with Crippen LogP contribution < -0.4 is 15.4 Å². The maximum Gasteiger partial charge on any atom is 0.327 e. The lowest BCUT2D eigenvalue weighted by Crippen LogP contribution is -2.38. The van der Waals surface area contributed by atoms with Gasteiger partial charge in [-0.15, -0.1) is 0 Å². The highest BCUT2D eigenvalue weighted by atomic mass is 16.5. The van der Waals surface area contributed by atoms with Gasteiger partial charge < -0.3 is 4.74 Å². The summed E-state index contributed by atoms with van der Waals surface area (Å²) in [7, 11) is 1.84. The summed E-state index contributed by atoms with van der Waals surface area (Å²) in [5.74, 6) is 1.15. The molecule has 1 aliphatic rings. The standard InChI is InChI=1S/C20H20N6O3/c1-20(6-7-20)18(27)25-19(28)24-17-4-3-15(11-22-17)29-14-5-8-21-16(9-14)13-10-23-26(2)12-13/h3-5,8-12H,6-7H2,1-2H3,(H2,22,24,25,27,28). The predicted molar refractivity (Wildman–Crippen MR) is 105 cm³/mol. The van der Waals surface area contributed by atoms with Gasteiger partial charge in [-0.2, -0.15) is 5.10 Å². The predicted octanol–water partition coefficient (Wildman–Crippen LogP) is 3.12. The lowest BCUT2D eigenvalue weighted by atomic mass is 10.1. The molecule has 0 aromatic carbocycles. The first kappa shape index (κ1) is 18.6. The van der Waals surface area contributed by atoms with Crippen LogP contribution in [0.5, 0.6) is 11.5 Å². The molecule has 1 fully saturated rings. The van der Waals surface area contributed by atoms with Crippen molar-refractivity contribution in [3.8, 4) is 22.8 Å². The quantitative estimate of drug-likeness (QED) is 0.690. The summed E-state index contributed by atoms with van der Waals surface area (Å²) in [5, 5.41) is 9.01. The molecule has 9 nitrogen and oxygen atoms in total. The van der Waals surface area contributed by atoms with E-state index in [0.717, 1.165) is 24.1 Å². The normalized spacial score (nSPS) is 14.1. The molecule has 0 radical (unpaired) electrons. The van der Waals surface area contributed by atoms with E-state index < -0.39 is 11.4 Å². The highest BCUT2D eigenvalue weighted by Gasteiger charge is 2.45. The Bertz CT molecular complexity index is 1060. The van der Waals surface area contributed by atoms with Crippen LogP contribution in [0.25, 0.3) is 11.3 Å². The van der Waals surface area contributed by atoms with Crippen molar-refractivity contribution in [1.82, 2.24) is 25.1 Å². The molecule has 0 aliphatic heterocycles. The Morgan fingerprint density at radius 1 is 1.14 bits per heavy atom. The fourth-order valence-electron chi connectivity index (χ4n) is 2.65. The van der Waals surface area contributed by atoms with Crippen molar-refractivity contribution in [2.24, 2.45) is 12.5 Å². The topological polar surface area (TPSA) is 111 Å². The number of rotatable bonds is 5. The second-order valence-electron chi connectivity index (χ2n) is 7.23. The largest absolute Gasteiger partial charge is 0.456 e. The number of imide groups is 1. The first-order chi connectivity index (χ1) is 13.9. The molecule has 148 valence electrons. The van der Waals surface area contributed by atoms with Gasteiger partial charge in [0.25, 0.3) is 0 Å². The maximum absolute atomic E-state index is 11.9. The smallest absolute Gasteiger partial charge is 0.327 e. The molecular formula is C20H20N6O3. The number of hydrogen-bond acceptors (Lipinski definition) is 6. The minimum atomic E-state index is -0.598. The van der Waals surface area contributed by atoms with Gasteiger partial charge in [-0.05, 0) is 31.0 Å².